The molecule has 1 aliphatic heterocycles. The number of pyridine rings is 2. The van der Waals surface area contributed by atoms with Gasteiger partial charge >= 0.3 is 6.09 Å². The minimum Gasteiger partial charge on any atom is -0.495 e. The first kappa shape index (κ1) is 34.9. The van der Waals surface area contributed by atoms with Crippen molar-refractivity contribution in [1.29, 1.82) is 0 Å². The monoisotopic (exact) mass is 672 g/mol. The predicted molar refractivity (Wildman–Crippen MR) is 188 cm³/mol. The highest BCUT2D eigenvalue weighted by atomic mass is 16.6. The number of amides is 2. The number of carbonyl (C=O) groups is 2. The zero-order chi connectivity index (χ0) is 34.3. The fraction of sp³-hybridized carbons (Fsp3) is 0.605. The van der Waals surface area contributed by atoms with E-state index < -0.39 is 0 Å². The molecule has 0 radical (unpaired) electrons. The van der Waals surface area contributed by atoms with Crippen molar-refractivity contribution >= 4 is 17.8 Å². The maximum absolute atomic E-state index is 14.4. The number of rotatable bonds is 10. The summed E-state index contributed by atoms with van der Waals surface area (Å²) in [6, 6.07) is 8.49. The third-order valence-corrected chi connectivity index (χ3v) is 10.6. The van der Waals surface area contributed by atoms with Gasteiger partial charge in [0.2, 0.25) is 5.91 Å². The van der Waals surface area contributed by atoms with Gasteiger partial charge in [0.25, 0.3) is 0 Å². The van der Waals surface area contributed by atoms with E-state index in [9.17, 15) is 9.59 Å². The first-order valence-corrected chi connectivity index (χ1v) is 18.2. The number of hydrogen-bond donors (Lipinski definition) is 1. The summed E-state index contributed by atoms with van der Waals surface area (Å²) in [4.78, 5) is 38.5. The molecule has 0 atom stereocenters. The van der Waals surface area contributed by atoms with Gasteiger partial charge in [0.1, 0.15) is 17.7 Å². The Morgan fingerprint density at radius 3 is 2.43 bits per heavy atom. The Kier molecular flexibility index (Phi) is 11.5. The molecule has 49 heavy (non-hydrogen) atoms. The molecule has 3 aromatic heterocycles. The highest BCUT2D eigenvalue weighted by Gasteiger charge is 2.34. The zero-order valence-electron chi connectivity index (χ0n) is 29.5. The fourth-order valence-corrected chi connectivity index (χ4v) is 7.56. The van der Waals surface area contributed by atoms with Crippen LogP contribution in [0.5, 0.6) is 5.75 Å². The van der Waals surface area contributed by atoms with E-state index in [1.54, 1.807) is 13.3 Å². The van der Waals surface area contributed by atoms with Gasteiger partial charge in [0.15, 0.2) is 0 Å². The number of nitrogens with zero attached hydrogens (tertiary/aromatic N) is 5. The van der Waals surface area contributed by atoms with Crippen LogP contribution in [-0.4, -0.2) is 70.8 Å². The number of aromatic nitrogens is 4. The number of hydrogen-bond acceptors (Lipinski definition) is 8. The van der Waals surface area contributed by atoms with E-state index in [1.807, 2.05) is 47.1 Å². The van der Waals surface area contributed by atoms with Crippen molar-refractivity contribution < 1.29 is 23.8 Å². The van der Waals surface area contributed by atoms with Gasteiger partial charge in [-0.25, -0.2) is 9.78 Å². The second-order valence-electron chi connectivity index (χ2n) is 14.3. The molecule has 0 aromatic carbocycles. The first-order valence-electron chi connectivity index (χ1n) is 18.2. The molecular weight excluding hydrogens is 620 g/mol. The molecule has 264 valence electrons. The standard InChI is InChI=1S/C38H52N6O5/c1-25(2)44-24-31(22-40-44)30-15-18-39-36(21-30)43(23-27-5-7-28(8-6-27)34-13-14-35(47-4)26(3)41-34)37(45)29-9-11-33(12-10-29)49-38(46)42-32-16-19-48-20-17-32/h13-15,18,21-22,24-25,27-29,32-33H,5-12,16-17,19-20,23H2,1-4H3,(H,42,46). The SMILES string of the molecule is COc1ccc(C2CCC(CN(C(=O)C3CCC(OC(=O)NC4CCOCC4)CC3)c3cc(-c4cnn(C(C)C)c4)ccn3)CC2)nc1C. The number of nitrogens with one attached hydrogen (secondary N) is 1. The van der Waals surface area contributed by atoms with Crippen molar-refractivity contribution in [2.24, 2.45) is 11.8 Å². The molecule has 1 N–H and O–H groups in total. The van der Waals surface area contributed by atoms with Crippen molar-refractivity contribution in [2.75, 3.05) is 31.8 Å². The van der Waals surface area contributed by atoms with Crippen LogP contribution in [0.3, 0.4) is 0 Å². The van der Waals surface area contributed by atoms with Crippen molar-refractivity contribution in [1.82, 2.24) is 25.1 Å². The molecule has 2 amide bonds. The van der Waals surface area contributed by atoms with Crippen LogP contribution in [0.1, 0.15) is 101 Å². The highest BCUT2D eigenvalue weighted by Crippen LogP contribution is 2.38. The lowest BCUT2D eigenvalue weighted by Gasteiger charge is -2.35. The van der Waals surface area contributed by atoms with Crippen LogP contribution in [0.2, 0.25) is 0 Å². The van der Waals surface area contributed by atoms with Crippen molar-refractivity contribution in [2.45, 2.75) is 109 Å². The molecule has 3 fully saturated rings. The molecule has 3 aromatic rings. The van der Waals surface area contributed by atoms with Gasteiger partial charge in [-0.15, -0.1) is 0 Å². The molecule has 2 saturated carbocycles. The molecule has 3 aliphatic rings. The molecule has 0 unspecified atom stereocenters. The van der Waals surface area contributed by atoms with Gasteiger partial charge in [0, 0.05) is 67.3 Å². The molecule has 4 heterocycles. The summed E-state index contributed by atoms with van der Waals surface area (Å²) in [5.41, 5.74) is 4.04. The summed E-state index contributed by atoms with van der Waals surface area (Å²) in [5, 5.41) is 7.53. The van der Waals surface area contributed by atoms with Gasteiger partial charge in [-0.3, -0.25) is 19.4 Å². The van der Waals surface area contributed by atoms with Gasteiger partial charge in [-0.2, -0.15) is 5.10 Å². The quantitative estimate of drug-likeness (QED) is 0.244. The van der Waals surface area contributed by atoms with Crippen LogP contribution in [0.4, 0.5) is 10.6 Å². The number of ether oxygens (including phenoxy) is 3. The Morgan fingerprint density at radius 1 is 1.00 bits per heavy atom. The number of methoxy groups -OCH3 is 1. The molecule has 2 aliphatic carbocycles. The lowest BCUT2D eigenvalue weighted by atomic mass is 9.79. The van der Waals surface area contributed by atoms with Gasteiger partial charge < -0.3 is 19.5 Å². The normalized spacial score (nSPS) is 23.2. The smallest absolute Gasteiger partial charge is 0.407 e. The molecule has 11 nitrogen and oxygen atoms in total. The lowest BCUT2D eigenvalue weighted by Crippen LogP contribution is -2.43. The second-order valence-corrected chi connectivity index (χ2v) is 14.3. The van der Waals surface area contributed by atoms with Crippen molar-refractivity contribution in [3.8, 4) is 16.9 Å². The number of carbonyl (C=O) groups excluding carboxylic acids is 2. The first-order chi connectivity index (χ1) is 23.8. The maximum atomic E-state index is 14.4. The van der Waals surface area contributed by atoms with Crippen LogP contribution < -0.4 is 15.0 Å². The summed E-state index contributed by atoms with van der Waals surface area (Å²) in [6.07, 6.45) is 13.6. The summed E-state index contributed by atoms with van der Waals surface area (Å²) >= 11 is 0. The third kappa shape index (κ3) is 8.79. The fourth-order valence-electron chi connectivity index (χ4n) is 7.56. The second kappa shape index (κ2) is 16.1. The van der Waals surface area contributed by atoms with Crippen LogP contribution >= 0.6 is 0 Å². The highest BCUT2D eigenvalue weighted by molar-refractivity contribution is 5.94. The Hall–Kier alpha value is -3.99. The van der Waals surface area contributed by atoms with E-state index >= 15 is 0 Å². The van der Waals surface area contributed by atoms with Crippen LogP contribution in [0.25, 0.3) is 11.1 Å². The molecule has 0 spiro atoms. The van der Waals surface area contributed by atoms with E-state index in [2.05, 4.69) is 30.3 Å². The van der Waals surface area contributed by atoms with E-state index in [-0.39, 0.29) is 36.1 Å². The number of anilines is 1. The Balaban J connectivity index is 1.13. The van der Waals surface area contributed by atoms with Crippen LogP contribution in [0.15, 0.2) is 42.9 Å². The predicted octanol–water partition coefficient (Wildman–Crippen LogP) is 7.01. The van der Waals surface area contributed by atoms with Gasteiger partial charge in [-0.1, -0.05) is 0 Å². The summed E-state index contributed by atoms with van der Waals surface area (Å²) in [6.45, 7) is 8.16. The van der Waals surface area contributed by atoms with Crippen molar-refractivity contribution in [3.05, 3.63) is 54.2 Å². The molecule has 6 rings (SSSR count). The van der Waals surface area contributed by atoms with E-state index in [0.717, 1.165) is 66.8 Å². The summed E-state index contributed by atoms with van der Waals surface area (Å²) < 4.78 is 18.6. The van der Waals surface area contributed by atoms with E-state index in [0.29, 0.717) is 63.1 Å². The molecular formula is C38H52N6O5. The van der Waals surface area contributed by atoms with Crippen molar-refractivity contribution in [3.63, 3.8) is 0 Å². The Labute approximate surface area is 290 Å². The van der Waals surface area contributed by atoms with Crippen LogP contribution in [0, 0.1) is 18.8 Å². The average Bonchev–Trinajstić information content (AvgIpc) is 3.63. The summed E-state index contributed by atoms with van der Waals surface area (Å²) in [7, 11) is 1.68. The van der Waals surface area contributed by atoms with E-state index in [4.69, 9.17) is 24.2 Å². The minimum absolute atomic E-state index is 0.0994. The van der Waals surface area contributed by atoms with Crippen LogP contribution in [-0.2, 0) is 14.3 Å². The minimum atomic E-state index is -0.360. The average molecular weight is 673 g/mol. The van der Waals surface area contributed by atoms with E-state index in [1.165, 1.54) is 0 Å². The molecule has 1 saturated heterocycles. The maximum Gasteiger partial charge on any atom is 0.407 e. The molecule has 0 bridgehead atoms. The third-order valence-electron chi connectivity index (χ3n) is 10.6. The topological polar surface area (TPSA) is 121 Å². The number of alkyl carbamates (subject to hydrolysis) is 1. The lowest BCUT2D eigenvalue weighted by molar-refractivity contribution is -0.124. The largest absolute Gasteiger partial charge is 0.495 e. The van der Waals surface area contributed by atoms with Gasteiger partial charge in [-0.05, 0) is 121 Å². The van der Waals surface area contributed by atoms with Gasteiger partial charge in [0.05, 0.1) is 19.0 Å². The number of aryl methyl sites for hydroxylation is 1. The Morgan fingerprint density at radius 2 is 1.76 bits per heavy atom. The summed E-state index contributed by atoms with van der Waals surface area (Å²) in [5.74, 6) is 2.24. The Bertz CT molecular complexity index is 1550. The zero-order valence-corrected chi connectivity index (χ0v) is 29.5. The molecule has 11 heteroatoms.